The summed E-state index contributed by atoms with van der Waals surface area (Å²) in [6.45, 7) is 2.43. The maximum Gasteiger partial charge on any atom is 0.289 e. The number of H-pyrrole nitrogens is 1. The number of piperazine rings is 1. The topological polar surface area (TPSA) is 122 Å². The van der Waals surface area contributed by atoms with Gasteiger partial charge < -0.3 is 19.0 Å². The number of tetrazole rings is 1. The number of hydrogen-bond acceptors (Lipinski definition) is 8. The van der Waals surface area contributed by atoms with E-state index < -0.39 is 6.04 Å². The van der Waals surface area contributed by atoms with Gasteiger partial charge in [0.1, 0.15) is 11.8 Å². The van der Waals surface area contributed by atoms with Gasteiger partial charge in [-0.15, -0.1) is 5.10 Å². The van der Waals surface area contributed by atoms with E-state index in [4.69, 9.17) is 9.15 Å². The fraction of sp³-hybridized carbons (Fsp3) is 0.250. The quantitative estimate of drug-likeness (QED) is 0.344. The minimum absolute atomic E-state index is 0.152. The van der Waals surface area contributed by atoms with Gasteiger partial charge in [-0.05, 0) is 52.4 Å². The molecule has 1 aliphatic heterocycles. The number of carbonyl (C=O) groups excluding carboxylic acids is 1. The second kappa shape index (κ2) is 10.5. The largest absolute Gasteiger partial charge is 0.497 e. The lowest BCUT2D eigenvalue weighted by molar-refractivity contribution is 0.0558. The zero-order valence-corrected chi connectivity index (χ0v) is 21.4. The van der Waals surface area contributed by atoms with Crippen molar-refractivity contribution < 1.29 is 13.9 Å². The standard InChI is InChI=1S/C28H27N7O4/c1-38-21-9-10-23-20(16-21)17-22(27(36)29-23)25(26-30-31-32-35(26)18-19-6-3-2-4-7-19)33-11-13-34(14-12-33)28(37)24-8-5-15-39-24/h2-10,15-17,25H,11-14,18H2,1H3,(H,29,36)/t25-/m0/s1. The number of carbonyl (C=O) groups is 1. The minimum atomic E-state index is -0.538. The third-order valence-corrected chi connectivity index (χ3v) is 7.05. The van der Waals surface area contributed by atoms with Crippen LogP contribution >= 0.6 is 0 Å². The Morgan fingerprint density at radius 3 is 2.62 bits per heavy atom. The summed E-state index contributed by atoms with van der Waals surface area (Å²) in [7, 11) is 1.61. The first-order valence-electron chi connectivity index (χ1n) is 12.7. The third-order valence-electron chi connectivity index (χ3n) is 7.05. The van der Waals surface area contributed by atoms with Crippen molar-refractivity contribution >= 4 is 16.8 Å². The fourth-order valence-corrected chi connectivity index (χ4v) is 5.05. The second-order valence-corrected chi connectivity index (χ2v) is 9.40. The van der Waals surface area contributed by atoms with Crippen LogP contribution in [0.15, 0.2) is 82.2 Å². The van der Waals surface area contributed by atoms with Crippen LogP contribution in [0.4, 0.5) is 0 Å². The molecular weight excluding hydrogens is 498 g/mol. The zero-order valence-electron chi connectivity index (χ0n) is 21.4. The zero-order chi connectivity index (χ0) is 26.8. The average Bonchev–Trinajstić information content (AvgIpc) is 3.67. The number of amides is 1. The van der Waals surface area contributed by atoms with Gasteiger partial charge in [-0.2, -0.15) is 0 Å². The summed E-state index contributed by atoms with van der Waals surface area (Å²) in [4.78, 5) is 33.3. The summed E-state index contributed by atoms with van der Waals surface area (Å²) in [6, 6.07) is 20.1. The van der Waals surface area contributed by atoms with E-state index >= 15 is 0 Å². The molecule has 1 aliphatic rings. The number of aromatic amines is 1. The first-order chi connectivity index (χ1) is 19.1. The maximum atomic E-state index is 13.5. The van der Waals surface area contributed by atoms with Gasteiger partial charge in [-0.1, -0.05) is 30.3 Å². The van der Waals surface area contributed by atoms with Crippen LogP contribution in [0.5, 0.6) is 5.75 Å². The summed E-state index contributed by atoms with van der Waals surface area (Å²) in [5.74, 6) is 1.40. The molecule has 11 nitrogen and oxygen atoms in total. The third kappa shape index (κ3) is 4.91. The van der Waals surface area contributed by atoms with E-state index in [1.54, 1.807) is 28.8 Å². The number of furan rings is 1. The monoisotopic (exact) mass is 525 g/mol. The molecule has 0 aliphatic carbocycles. The Morgan fingerprint density at radius 2 is 1.87 bits per heavy atom. The van der Waals surface area contributed by atoms with Crippen LogP contribution in [0, 0.1) is 0 Å². The molecule has 0 saturated carbocycles. The molecule has 198 valence electrons. The van der Waals surface area contributed by atoms with E-state index in [2.05, 4.69) is 25.4 Å². The molecule has 6 rings (SSSR count). The number of aromatic nitrogens is 5. The summed E-state index contributed by atoms with van der Waals surface area (Å²) in [5, 5.41) is 13.5. The summed E-state index contributed by atoms with van der Waals surface area (Å²) in [6.07, 6.45) is 1.49. The SMILES string of the molecule is COc1ccc2[nH]c(=O)c([C@@H](c3nnnn3Cc3ccccc3)N3CCN(C(=O)c4ccco4)CC3)cc2c1. The number of ether oxygens (including phenoxy) is 1. The van der Waals surface area contributed by atoms with E-state index in [1.807, 2.05) is 54.6 Å². The lowest BCUT2D eigenvalue weighted by Gasteiger charge is -2.38. The minimum Gasteiger partial charge on any atom is -0.497 e. The number of methoxy groups -OCH3 is 1. The molecule has 0 radical (unpaired) electrons. The molecule has 0 unspecified atom stereocenters. The highest BCUT2D eigenvalue weighted by Gasteiger charge is 2.34. The number of fused-ring (bicyclic) bond motifs is 1. The van der Waals surface area contributed by atoms with Crippen molar-refractivity contribution in [3.05, 3.63) is 106 Å². The molecule has 1 N–H and O–H groups in total. The van der Waals surface area contributed by atoms with Crippen molar-refractivity contribution in [3.8, 4) is 5.75 Å². The number of pyridine rings is 1. The molecule has 11 heteroatoms. The number of benzene rings is 2. The van der Waals surface area contributed by atoms with Gasteiger partial charge in [-0.3, -0.25) is 14.5 Å². The van der Waals surface area contributed by atoms with Crippen LogP contribution < -0.4 is 10.3 Å². The number of hydrogen-bond donors (Lipinski definition) is 1. The van der Waals surface area contributed by atoms with Crippen molar-refractivity contribution in [3.63, 3.8) is 0 Å². The van der Waals surface area contributed by atoms with Gasteiger partial charge in [0.25, 0.3) is 11.5 Å². The molecular formula is C28H27N7O4. The fourth-order valence-electron chi connectivity index (χ4n) is 5.05. The van der Waals surface area contributed by atoms with Crippen molar-refractivity contribution in [2.24, 2.45) is 0 Å². The van der Waals surface area contributed by atoms with Crippen LogP contribution in [0.25, 0.3) is 10.9 Å². The van der Waals surface area contributed by atoms with Crippen LogP contribution in [-0.2, 0) is 6.54 Å². The molecule has 4 heterocycles. The maximum absolute atomic E-state index is 13.5. The summed E-state index contributed by atoms with van der Waals surface area (Å²) in [5.41, 5.74) is 2.04. The molecule has 1 amide bonds. The summed E-state index contributed by atoms with van der Waals surface area (Å²) < 4.78 is 12.4. The molecule has 1 saturated heterocycles. The van der Waals surface area contributed by atoms with E-state index in [9.17, 15) is 9.59 Å². The van der Waals surface area contributed by atoms with E-state index in [0.29, 0.717) is 61.1 Å². The van der Waals surface area contributed by atoms with E-state index in [0.717, 1.165) is 10.9 Å². The average molecular weight is 526 g/mol. The molecule has 1 atom stereocenters. The normalized spacial score (nSPS) is 14.9. The van der Waals surface area contributed by atoms with Crippen LogP contribution in [-0.4, -0.2) is 74.2 Å². The second-order valence-electron chi connectivity index (χ2n) is 9.40. The molecule has 5 aromatic rings. The van der Waals surface area contributed by atoms with Gasteiger partial charge in [0.15, 0.2) is 11.6 Å². The van der Waals surface area contributed by atoms with Gasteiger partial charge >= 0.3 is 0 Å². The van der Waals surface area contributed by atoms with Crippen molar-refractivity contribution in [1.29, 1.82) is 0 Å². The molecule has 1 fully saturated rings. The molecule has 0 spiro atoms. The predicted octanol–water partition coefficient (Wildman–Crippen LogP) is 2.71. The number of nitrogens with zero attached hydrogens (tertiary/aromatic N) is 6. The van der Waals surface area contributed by atoms with Crippen molar-refractivity contribution in [2.45, 2.75) is 12.6 Å². The highest BCUT2D eigenvalue weighted by atomic mass is 16.5. The Labute approximate surface area is 223 Å². The van der Waals surface area contributed by atoms with Gasteiger partial charge in [0.05, 0.1) is 19.9 Å². The predicted molar refractivity (Wildman–Crippen MR) is 143 cm³/mol. The summed E-state index contributed by atoms with van der Waals surface area (Å²) >= 11 is 0. The molecule has 3 aromatic heterocycles. The first kappa shape index (κ1) is 24.6. The van der Waals surface area contributed by atoms with E-state index in [1.165, 1.54) is 6.26 Å². The van der Waals surface area contributed by atoms with Crippen molar-refractivity contribution in [2.75, 3.05) is 33.3 Å². The van der Waals surface area contributed by atoms with Crippen molar-refractivity contribution in [1.82, 2.24) is 35.0 Å². The number of nitrogens with one attached hydrogen (secondary N) is 1. The lowest BCUT2D eigenvalue weighted by atomic mass is 10.0. The Bertz CT molecular complexity index is 1640. The van der Waals surface area contributed by atoms with Crippen LogP contribution in [0.1, 0.15) is 33.5 Å². The van der Waals surface area contributed by atoms with Gasteiger partial charge in [0.2, 0.25) is 0 Å². The highest BCUT2D eigenvalue weighted by Crippen LogP contribution is 2.29. The van der Waals surface area contributed by atoms with Gasteiger partial charge in [0, 0.05) is 42.6 Å². The molecule has 2 aromatic carbocycles. The lowest BCUT2D eigenvalue weighted by Crippen LogP contribution is -2.50. The molecule has 0 bridgehead atoms. The Kier molecular flexibility index (Phi) is 6.64. The Hall–Kier alpha value is -4.77. The smallest absolute Gasteiger partial charge is 0.289 e. The highest BCUT2D eigenvalue weighted by molar-refractivity contribution is 5.91. The van der Waals surface area contributed by atoms with Gasteiger partial charge in [-0.25, -0.2) is 4.68 Å². The van der Waals surface area contributed by atoms with Crippen LogP contribution in [0.2, 0.25) is 0 Å². The Balaban J connectivity index is 1.38. The van der Waals surface area contributed by atoms with Crippen LogP contribution in [0.3, 0.4) is 0 Å². The Morgan fingerprint density at radius 1 is 1.05 bits per heavy atom. The first-order valence-corrected chi connectivity index (χ1v) is 12.7. The molecule has 39 heavy (non-hydrogen) atoms. The number of rotatable bonds is 7. The van der Waals surface area contributed by atoms with E-state index in [-0.39, 0.29) is 11.5 Å².